The van der Waals surface area contributed by atoms with E-state index < -0.39 is 0 Å². The van der Waals surface area contributed by atoms with Crippen molar-refractivity contribution in [1.82, 2.24) is 0 Å². The van der Waals surface area contributed by atoms with Crippen molar-refractivity contribution in [2.45, 2.75) is 12.8 Å². The molecular weight excluding hydrogens is 284 g/mol. The van der Waals surface area contributed by atoms with E-state index in [9.17, 15) is 0 Å². The van der Waals surface area contributed by atoms with Gasteiger partial charge in [0.05, 0.1) is 13.2 Å². The van der Waals surface area contributed by atoms with Crippen LogP contribution in [0.1, 0.15) is 12.8 Å². The van der Waals surface area contributed by atoms with Gasteiger partial charge in [-0.15, -0.1) is 0 Å². The minimum Gasteiger partial charge on any atom is -0.494 e. The molecule has 0 aliphatic carbocycles. The Balaban J connectivity index is 1.37. The van der Waals surface area contributed by atoms with Crippen molar-refractivity contribution in [3.05, 3.63) is 54.6 Å². The van der Waals surface area contributed by atoms with Gasteiger partial charge in [-0.1, -0.05) is 42.5 Å². The monoisotopic (exact) mass is 312 g/mol. The number of rotatable bonds is 7. The van der Waals surface area contributed by atoms with Crippen LogP contribution in [-0.4, -0.2) is 39.3 Å². The molecule has 1 aliphatic rings. The maximum Gasteiger partial charge on any atom is 0.127 e. The first-order valence-corrected chi connectivity index (χ1v) is 8.85. The highest BCUT2D eigenvalue weighted by Crippen LogP contribution is 2.22. The molecule has 1 aliphatic heterocycles. The minimum absolute atomic E-state index is 0.824. The maximum atomic E-state index is 5.87. The molecule has 3 heteroatoms. The van der Waals surface area contributed by atoms with Crippen LogP contribution in [0.15, 0.2) is 54.6 Å². The van der Waals surface area contributed by atoms with E-state index in [2.05, 4.69) is 53.8 Å². The summed E-state index contributed by atoms with van der Waals surface area (Å²) >= 11 is 0. The Morgan fingerprint density at radius 2 is 1.52 bits per heavy atom. The first kappa shape index (κ1) is 16.0. The van der Waals surface area contributed by atoms with Crippen molar-refractivity contribution in [1.29, 1.82) is 0 Å². The van der Waals surface area contributed by atoms with Crippen molar-refractivity contribution >= 4 is 0 Å². The maximum absolute atomic E-state index is 5.87. The second-order valence-electron chi connectivity index (χ2n) is 6.31. The van der Waals surface area contributed by atoms with Crippen LogP contribution in [0.3, 0.4) is 0 Å². The molecule has 0 unspecified atom stereocenters. The summed E-state index contributed by atoms with van der Waals surface area (Å²) in [5.74, 6) is 0.976. The summed E-state index contributed by atoms with van der Waals surface area (Å²) in [6.07, 6.45) is 2.41. The number of benzene rings is 2. The molecule has 1 heterocycles. The third-order valence-electron chi connectivity index (χ3n) is 4.56. The van der Waals surface area contributed by atoms with Gasteiger partial charge in [-0.05, 0) is 36.1 Å². The Labute approximate surface area is 139 Å². The summed E-state index contributed by atoms with van der Waals surface area (Å²) < 4.78 is 5.87. The number of quaternary nitrogens is 2. The molecule has 0 aromatic heterocycles. The van der Waals surface area contributed by atoms with E-state index in [-0.39, 0.29) is 0 Å². The normalized spacial score (nSPS) is 15.5. The summed E-state index contributed by atoms with van der Waals surface area (Å²) in [5.41, 5.74) is 2.49. The zero-order valence-electron chi connectivity index (χ0n) is 13.8. The standard InChI is InChI=1S/C20H26N2O/c1-2-6-18(7-3-1)19-8-10-20(11-9-19)23-17-5-4-14-22-15-12-21-13-16-22/h1-3,6-11,21H,4-5,12-17H2/p+2. The Hall–Kier alpha value is -1.84. The first-order chi connectivity index (χ1) is 11.4. The van der Waals surface area contributed by atoms with Crippen LogP contribution >= 0.6 is 0 Å². The largest absolute Gasteiger partial charge is 0.494 e. The summed E-state index contributed by atoms with van der Waals surface area (Å²) in [6.45, 7) is 7.34. The molecule has 0 saturated carbocycles. The Morgan fingerprint density at radius 3 is 2.26 bits per heavy atom. The molecule has 2 aromatic rings. The molecule has 0 amide bonds. The molecule has 23 heavy (non-hydrogen) atoms. The van der Waals surface area contributed by atoms with E-state index in [1.807, 2.05) is 6.07 Å². The molecule has 1 saturated heterocycles. The lowest BCUT2D eigenvalue weighted by atomic mass is 10.1. The van der Waals surface area contributed by atoms with Crippen LogP contribution in [0.2, 0.25) is 0 Å². The second kappa shape index (κ2) is 8.70. The van der Waals surface area contributed by atoms with Crippen molar-refractivity contribution in [3.63, 3.8) is 0 Å². The highest BCUT2D eigenvalue weighted by Gasteiger charge is 2.14. The zero-order valence-corrected chi connectivity index (χ0v) is 13.8. The van der Waals surface area contributed by atoms with Crippen molar-refractivity contribution in [2.75, 3.05) is 39.3 Å². The Bertz CT molecular complexity index is 562. The number of nitrogens with two attached hydrogens (primary N) is 1. The molecule has 2 aromatic carbocycles. The van der Waals surface area contributed by atoms with Gasteiger partial charge in [0.25, 0.3) is 0 Å². The fourth-order valence-electron chi connectivity index (χ4n) is 3.17. The van der Waals surface area contributed by atoms with Crippen molar-refractivity contribution in [3.8, 4) is 16.9 Å². The molecule has 1 fully saturated rings. The molecule has 0 spiro atoms. The lowest BCUT2D eigenvalue weighted by Crippen LogP contribution is -3.20. The number of piperazine rings is 1. The van der Waals surface area contributed by atoms with Crippen molar-refractivity contribution < 1.29 is 15.0 Å². The van der Waals surface area contributed by atoms with E-state index in [4.69, 9.17) is 4.74 Å². The number of unbranched alkanes of at least 4 members (excludes halogenated alkanes) is 1. The topological polar surface area (TPSA) is 30.3 Å². The molecular formula is C20H28N2O+2. The van der Waals surface area contributed by atoms with Crippen LogP contribution in [0.5, 0.6) is 5.75 Å². The quantitative estimate of drug-likeness (QED) is 0.734. The molecule has 0 atom stereocenters. The van der Waals surface area contributed by atoms with Crippen molar-refractivity contribution in [2.24, 2.45) is 0 Å². The van der Waals surface area contributed by atoms with Crippen LogP contribution < -0.4 is 15.0 Å². The number of ether oxygens (including phenoxy) is 1. The first-order valence-electron chi connectivity index (χ1n) is 8.85. The van der Waals surface area contributed by atoms with E-state index in [0.717, 1.165) is 18.8 Å². The van der Waals surface area contributed by atoms with Gasteiger partial charge in [0.2, 0.25) is 0 Å². The predicted molar refractivity (Wildman–Crippen MR) is 93.8 cm³/mol. The Morgan fingerprint density at radius 1 is 0.826 bits per heavy atom. The summed E-state index contributed by atoms with van der Waals surface area (Å²) in [4.78, 5) is 1.76. The fourth-order valence-corrected chi connectivity index (χ4v) is 3.17. The van der Waals surface area contributed by atoms with Crippen LogP contribution in [-0.2, 0) is 0 Å². The number of hydrogen-bond acceptors (Lipinski definition) is 1. The highest BCUT2D eigenvalue weighted by molar-refractivity contribution is 5.63. The van der Waals surface area contributed by atoms with E-state index >= 15 is 0 Å². The van der Waals surface area contributed by atoms with Gasteiger partial charge < -0.3 is 15.0 Å². The summed E-state index contributed by atoms with van der Waals surface area (Å²) in [7, 11) is 0. The smallest absolute Gasteiger partial charge is 0.127 e. The highest BCUT2D eigenvalue weighted by atomic mass is 16.5. The Kier molecular flexibility index (Phi) is 6.07. The third-order valence-corrected chi connectivity index (χ3v) is 4.56. The van der Waals surface area contributed by atoms with Gasteiger partial charge in [-0.25, -0.2) is 0 Å². The fraction of sp³-hybridized carbons (Fsp3) is 0.400. The lowest BCUT2D eigenvalue weighted by Gasteiger charge is -2.21. The predicted octanol–water partition coefficient (Wildman–Crippen LogP) is 0.975. The van der Waals surface area contributed by atoms with Gasteiger partial charge in [0, 0.05) is 0 Å². The molecule has 3 rings (SSSR count). The zero-order chi connectivity index (χ0) is 15.7. The van der Waals surface area contributed by atoms with Gasteiger partial charge in [-0.3, -0.25) is 0 Å². The SMILES string of the molecule is c1ccc(-c2ccc(OCCCC[NH+]3CC[NH2+]CC3)cc2)cc1. The second-order valence-corrected chi connectivity index (χ2v) is 6.31. The van der Waals surface area contributed by atoms with Gasteiger partial charge in [-0.2, -0.15) is 0 Å². The van der Waals surface area contributed by atoms with E-state index in [1.165, 1.54) is 50.3 Å². The summed E-state index contributed by atoms with van der Waals surface area (Å²) in [6, 6.07) is 18.9. The molecule has 3 N–H and O–H groups in total. The molecule has 0 bridgehead atoms. The minimum atomic E-state index is 0.824. The van der Waals surface area contributed by atoms with Gasteiger partial charge in [0.15, 0.2) is 0 Å². The number of hydrogen-bond donors (Lipinski definition) is 2. The molecule has 0 radical (unpaired) electrons. The molecule has 122 valence electrons. The van der Waals surface area contributed by atoms with Crippen LogP contribution in [0.25, 0.3) is 11.1 Å². The third kappa shape index (κ3) is 5.08. The average Bonchev–Trinajstić information content (AvgIpc) is 2.64. The number of nitrogens with one attached hydrogen (secondary N) is 1. The van der Waals surface area contributed by atoms with Gasteiger partial charge >= 0.3 is 0 Å². The van der Waals surface area contributed by atoms with Crippen LogP contribution in [0.4, 0.5) is 0 Å². The summed E-state index contributed by atoms with van der Waals surface area (Å²) in [5, 5.41) is 2.42. The van der Waals surface area contributed by atoms with Crippen LogP contribution in [0, 0.1) is 0 Å². The molecule has 3 nitrogen and oxygen atoms in total. The van der Waals surface area contributed by atoms with E-state index in [1.54, 1.807) is 4.90 Å². The average molecular weight is 312 g/mol. The van der Waals surface area contributed by atoms with Gasteiger partial charge in [0.1, 0.15) is 31.9 Å². The van der Waals surface area contributed by atoms with E-state index in [0.29, 0.717) is 0 Å². The lowest BCUT2D eigenvalue weighted by molar-refractivity contribution is -0.946.